The van der Waals surface area contributed by atoms with Crippen LogP contribution < -0.4 is 0 Å². The zero-order valence-electron chi connectivity index (χ0n) is 13.5. The molecule has 22 heavy (non-hydrogen) atoms. The third-order valence-electron chi connectivity index (χ3n) is 2.53. The molecule has 0 heterocycles. The molecule has 0 N–H and O–H groups in total. The topological polar surface area (TPSA) is 0 Å². The van der Waals surface area contributed by atoms with Gasteiger partial charge in [-0.15, -0.1) is 0 Å². The average Bonchev–Trinajstić information content (AvgIpc) is 2.54. The first-order valence-corrected chi connectivity index (χ1v) is 7.78. The minimum atomic E-state index is 1.17. The third kappa shape index (κ3) is 17.7. The minimum absolute atomic E-state index is 1.17. The van der Waals surface area contributed by atoms with Crippen LogP contribution in [0.5, 0.6) is 0 Å². The van der Waals surface area contributed by atoms with E-state index in [1.54, 1.807) is 6.08 Å². The fourth-order valence-electron chi connectivity index (χ4n) is 1.39. The Labute approximate surface area is 136 Å². The van der Waals surface area contributed by atoms with Crippen molar-refractivity contribution in [1.29, 1.82) is 0 Å². The monoisotopic (exact) mass is 291 g/mol. The van der Waals surface area contributed by atoms with Crippen LogP contribution in [0.3, 0.4) is 0 Å². The van der Waals surface area contributed by atoms with Crippen molar-refractivity contribution in [3.8, 4) is 0 Å². The predicted octanol–water partition coefficient (Wildman–Crippen LogP) is 6.62. The van der Waals surface area contributed by atoms with Crippen molar-refractivity contribution in [2.75, 3.05) is 0 Å². The van der Waals surface area contributed by atoms with Gasteiger partial charge in [0.15, 0.2) is 0 Å². The predicted molar refractivity (Wildman–Crippen MR) is 102 cm³/mol. The molecule has 0 unspecified atom stereocenters. The Morgan fingerprint density at radius 3 is 1.27 bits per heavy atom. The van der Waals surface area contributed by atoms with Crippen LogP contribution in [-0.4, -0.2) is 0 Å². The normalized spacial score (nSPS) is 13.9. The summed E-state index contributed by atoms with van der Waals surface area (Å²) < 4.78 is 0. The van der Waals surface area contributed by atoms with Crippen LogP contribution in [0, 0.1) is 6.58 Å². The van der Waals surface area contributed by atoms with Gasteiger partial charge >= 0.3 is 0 Å². The minimum Gasteiger partial charge on any atom is -0.0845 e. The molecule has 0 spiro atoms. The second kappa shape index (κ2) is 18.7. The summed E-state index contributed by atoms with van der Waals surface area (Å²) >= 11 is 0. The number of allylic oxidation sites excluding steroid dienone is 17. The Morgan fingerprint density at radius 2 is 0.909 bits per heavy atom. The lowest BCUT2D eigenvalue weighted by atomic mass is 10.2. The van der Waals surface area contributed by atoms with E-state index in [0.29, 0.717) is 0 Å². The lowest BCUT2D eigenvalue weighted by molar-refractivity contribution is 0.815. The van der Waals surface area contributed by atoms with Crippen molar-refractivity contribution in [3.63, 3.8) is 0 Å². The number of hydrogen-bond acceptors (Lipinski definition) is 0. The first kappa shape index (κ1) is 19.7. The Kier molecular flexibility index (Phi) is 16.7. The van der Waals surface area contributed by atoms with Crippen LogP contribution in [0.25, 0.3) is 0 Å². The van der Waals surface area contributed by atoms with E-state index in [1.807, 2.05) is 72.9 Å². The van der Waals surface area contributed by atoms with Crippen molar-refractivity contribution in [2.45, 2.75) is 26.2 Å². The maximum atomic E-state index is 5.20. The standard InChI is InChI=1S/C22H27/c1-3-5-7-9-11-13-15-17-19-21-22-20-18-16-14-12-10-8-6-4-2/h1,3,5,7,9-22H,4,6,8H2,2H3/b3-1?,7-5+,11-9+,12-10+,15-13+,16-14+,19-17+,20-18+,22-21+. The molecule has 0 aromatic heterocycles. The van der Waals surface area contributed by atoms with Gasteiger partial charge in [0.2, 0.25) is 0 Å². The molecule has 0 aliphatic rings. The maximum absolute atomic E-state index is 5.20. The van der Waals surface area contributed by atoms with Crippen molar-refractivity contribution in [1.82, 2.24) is 0 Å². The van der Waals surface area contributed by atoms with Gasteiger partial charge < -0.3 is 0 Å². The van der Waals surface area contributed by atoms with Gasteiger partial charge in [-0.1, -0.05) is 130 Å². The summed E-state index contributed by atoms with van der Waals surface area (Å²) in [6, 6.07) is 0. The van der Waals surface area contributed by atoms with Gasteiger partial charge in [0.05, 0.1) is 0 Å². The summed E-state index contributed by atoms with van der Waals surface area (Å²) in [5, 5.41) is 0. The fourth-order valence-corrected chi connectivity index (χ4v) is 1.39. The Bertz CT molecular complexity index is 474. The van der Waals surface area contributed by atoms with Gasteiger partial charge in [-0.25, -0.2) is 0 Å². The quantitative estimate of drug-likeness (QED) is 0.296. The second-order valence-electron chi connectivity index (χ2n) is 4.46. The molecule has 0 aliphatic carbocycles. The van der Waals surface area contributed by atoms with E-state index in [4.69, 9.17) is 6.58 Å². The maximum Gasteiger partial charge on any atom is -0.0348 e. The van der Waals surface area contributed by atoms with E-state index < -0.39 is 0 Å². The van der Waals surface area contributed by atoms with E-state index in [2.05, 4.69) is 25.2 Å². The lowest BCUT2D eigenvalue weighted by Crippen LogP contribution is -1.64. The molecule has 115 valence electrons. The zero-order valence-corrected chi connectivity index (χ0v) is 13.5. The van der Waals surface area contributed by atoms with Crippen LogP contribution >= 0.6 is 0 Å². The van der Waals surface area contributed by atoms with E-state index in [0.717, 1.165) is 0 Å². The molecule has 0 atom stereocenters. The highest BCUT2D eigenvalue weighted by Crippen LogP contribution is 1.95. The van der Waals surface area contributed by atoms with Crippen molar-refractivity contribution in [2.24, 2.45) is 0 Å². The largest absolute Gasteiger partial charge is 0.0845 e. The van der Waals surface area contributed by atoms with Gasteiger partial charge in [-0.2, -0.15) is 0 Å². The summed E-state index contributed by atoms with van der Waals surface area (Å²) in [6.07, 6.45) is 37.1. The molecule has 0 aromatic rings. The highest BCUT2D eigenvalue weighted by Gasteiger charge is 1.74. The van der Waals surface area contributed by atoms with Crippen LogP contribution in [-0.2, 0) is 0 Å². The summed E-state index contributed by atoms with van der Waals surface area (Å²) in [5.74, 6) is 0. The lowest BCUT2D eigenvalue weighted by Gasteiger charge is -1.84. The molecule has 0 aromatic carbocycles. The molecule has 0 saturated carbocycles. The van der Waals surface area contributed by atoms with Crippen molar-refractivity contribution >= 4 is 0 Å². The Balaban J connectivity index is 3.80. The van der Waals surface area contributed by atoms with Gasteiger partial charge in [-0.3, -0.25) is 0 Å². The average molecular weight is 291 g/mol. The van der Waals surface area contributed by atoms with Gasteiger partial charge in [-0.05, 0) is 6.42 Å². The number of rotatable bonds is 11. The van der Waals surface area contributed by atoms with Gasteiger partial charge in [0.1, 0.15) is 0 Å². The summed E-state index contributed by atoms with van der Waals surface area (Å²) in [7, 11) is 0. The summed E-state index contributed by atoms with van der Waals surface area (Å²) in [6.45, 7) is 7.41. The highest BCUT2D eigenvalue weighted by atomic mass is 13.8. The molecule has 0 saturated heterocycles. The van der Waals surface area contributed by atoms with E-state index in [9.17, 15) is 0 Å². The number of hydrogen-bond donors (Lipinski definition) is 0. The van der Waals surface area contributed by atoms with E-state index in [-0.39, 0.29) is 0 Å². The van der Waals surface area contributed by atoms with E-state index in [1.165, 1.54) is 25.3 Å². The van der Waals surface area contributed by atoms with Crippen LogP contribution in [0.2, 0.25) is 0 Å². The molecule has 0 bridgehead atoms. The smallest absolute Gasteiger partial charge is 0.0348 e. The molecule has 0 aliphatic heterocycles. The molecule has 0 nitrogen and oxygen atoms in total. The van der Waals surface area contributed by atoms with Crippen molar-refractivity contribution in [3.05, 3.63) is 110 Å². The first-order chi connectivity index (χ1) is 10.9. The van der Waals surface area contributed by atoms with Crippen LogP contribution in [0.15, 0.2) is 103 Å². The van der Waals surface area contributed by atoms with Crippen LogP contribution in [0.4, 0.5) is 0 Å². The van der Waals surface area contributed by atoms with Gasteiger partial charge in [0, 0.05) is 0 Å². The molecule has 0 rings (SSSR count). The Morgan fingerprint density at radius 1 is 0.545 bits per heavy atom. The van der Waals surface area contributed by atoms with Crippen LogP contribution in [0.1, 0.15) is 26.2 Å². The molecule has 0 amide bonds. The molecule has 0 fully saturated rings. The number of unbranched alkanes of at least 4 members (excludes halogenated alkanes) is 2. The summed E-state index contributed by atoms with van der Waals surface area (Å²) in [5.41, 5.74) is 0. The molecular weight excluding hydrogens is 264 g/mol. The Hall–Kier alpha value is -2.34. The fraction of sp³-hybridized carbons (Fsp3) is 0.182. The second-order valence-corrected chi connectivity index (χ2v) is 4.46. The highest BCUT2D eigenvalue weighted by molar-refractivity contribution is 5.21. The van der Waals surface area contributed by atoms with E-state index >= 15 is 0 Å². The van der Waals surface area contributed by atoms with Crippen molar-refractivity contribution < 1.29 is 0 Å². The SMILES string of the molecule is [CH]=C/C=C/C=C/C=C/C=C/C=C/C=C/C=C/C=C/CCCC. The third-order valence-corrected chi connectivity index (χ3v) is 2.53. The molecular formula is C22H27. The first-order valence-electron chi connectivity index (χ1n) is 7.78. The molecule has 0 heteroatoms. The zero-order chi connectivity index (χ0) is 16.1. The molecule has 1 radical (unpaired) electrons. The summed E-state index contributed by atoms with van der Waals surface area (Å²) in [4.78, 5) is 0. The van der Waals surface area contributed by atoms with Gasteiger partial charge in [0.25, 0.3) is 0 Å².